The van der Waals surface area contributed by atoms with E-state index in [1.807, 2.05) is 41.3 Å². The fourth-order valence-corrected chi connectivity index (χ4v) is 3.28. The van der Waals surface area contributed by atoms with Crippen molar-refractivity contribution in [1.29, 1.82) is 0 Å². The van der Waals surface area contributed by atoms with Crippen LogP contribution in [0, 0.1) is 5.92 Å². The third kappa shape index (κ3) is 3.57. The maximum atomic E-state index is 12.4. The average molecular weight is 339 g/mol. The van der Waals surface area contributed by atoms with Crippen LogP contribution in [0.5, 0.6) is 0 Å². The molecule has 1 aromatic heterocycles. The van der Waals surface area contributed by atoms with Gasteiger partial charge in [-0.3, -0.25) is 9.59 Å². The molecule has 2 fully saturated rings. The van der Waals surface area contributed by atoms with E-state index in [1.165, 1.54) is 0 Å². The molecule has 0 spiro atoms. The largest absolute Gasteiger partial charge is 0.356 e. The Morgan fingerprint density at radius 1 is 1.24 bits per heavy atom. The smallest absolute Gasteiger partial charge is 0.225 e. The van der Waals surface area contributed by atoms with Crippen molar-refractivity contribution < 1.29 is 14.1 Å². The molecule has 2 aromatic rings. The summed E-state index contributed by atoms with van der Waals surface area (Å²) in [5.74, 6) is 0.741. The fraction of sp³-hybridized carbons (Fsp3) is 0.421. The molecule has 0 bridgehead atoms. The highest BCUT2D eigenvalue weighted by atomic mass is 16.5. The van der Waals surface area contributed by atoms with Crippen molar-refractivity contribution in [3.63, 3.8) is 0 Å². The van der Waals surface area contributed by atoms with Crippen LogP contribution in [0.4, 0.5) is 0 Å². The summed E-state index contributed by atoms with van der Waals surface area (Å²) < 4.78 is 5.35. The Morgan fingerprint density at radius 3 is 2.80 bits per heavy atom. The van der Waals surface area contributed by atoms with E-state index < -0.39 is 0 Å². The first kappa shape index (κ1) is 15.9. The van der Waals surface area contributed by atoms with Crippen molar-refractivity contribution in [1.82, 2.24) is 15.4 Å². The molecular weight excluding hydrogens is 318 g/mol. The van der Waals surface area contributed by atoms with Crippen LogP contribution in [0.25, 0.3) is 11.3 Å². The predicted octanol–water partition coefficient (Wildman–Crippen LogP) is 2.36. The molecule has 1 aliphatic heterocycles. The van der Waals surface area contributed by atoms with Gasteiger partial charge < -0.3 is 14.7 Å². The van der Waals surface area contributed by atoms with Crippen LogP contribution in [0.15, 0.2) is 40.9 Å². The molecule has 130 valence electrons. The van der Waals surface area contributed by atoms with Crippen LogP contribution in [0.1, 0.15) is 31.4 Å². The Hall–Kier alpha value is -2.63. The van der Waals surface area contributed by atoms with Gasteiger partial charge >= 0.3 is 0 Å². The SMILES string of the molecule is O=C(NCc1cc(-c2ccccc2)on1)[C@@H]1CCC(=O)N(C2CC2)C1. The summed E-state index contributed by atoms with van der Waals surface area (Å²) >= 11 is 0. The van der Waals surface area contributed by atoms with Crippen LogP contribution >= 0.6 is 0 Å². The molecule has 6 nitrogen and oxygen atoms in total. The lowest BCUT2D eigenvalue weighted by atomic mass is 9.96. The topological polar surface area (TPSA) is 75.4 Å². The monoisotopic (exact) mass is 339 g/mol. The van der Waals surface area contributed by atoms with Gasteiger partial charge in [0.25, 0.3) is 0 Å². The molecule has 1 saturated heterocycles. The first-order chi connectivity index (χ1) is 12.2. The molecule has 1 aliphatic carbocycles. The predicted molar refractivity (Wildman–Crippen MR) is 91.2 cm³/mol. The number of piperidine rings is 1. The maximum Gasteiger partial charge on any atom is 0.225 e. The number of hydrogen-bond acceptors (Lipinski definition) is 4. The van der Waals surface area contributed by atoms with Gasteiger partial charge in [0.2, 0.25) is 11.8 Å². The van der Waals surface area contributed by atoms with Gasteiger partial charge in [-0.1, -0.05) is 35.5 Å². The molecule has 1 aromatic carbocycles. The molecule has 2 heterocycles. The summed E-state index contributed by atoms with van der Waals surface area (Å²) in [5.41, 5.74) is 1.65. The Balaban J connectivity index is 1.33. The minimum Gasteiger partial charge on any atom is -0.356 e. The molecule has 2 amide bonds. The molecule has 6 heteroatoms. The number of carbonyl (C=O) groups excluding carboxylic acids is 2. The molecule has 4 rings (SSSR count). The van der Waals surface area contributed by atoms with Gasteiger partial charge in [0.05, 0.1) is 12.5 Å². The summed E-state index contributed by atoms with van der Waals surface area (Å²) in [4.78, 5) is 26.3. The molecule has 0 unspecified atom stereocenters. The molecule has 2 aliphatic rings. The van der Waals surface area contributed by atoms with E-state index in [-0.39, 0.29) is 17.7 Å². The van der Waals surface area contributed by atoms with Gasteiger partial charge in [-0.25, -0.2) is 0 Å². The highest BCUT2D eigenvalue weighted by Gasteiger charge is 2.38. The third-order valence-corrected chi connectivity index (χ3v) is 4.86. The van der Waals surface area contributed by atoms with E-state index in [0.29, 0.717) is 43.4 Å². The van der Waals surface area contributed by atoms with Crippen LogP contribution < -0.4 is 5.32 Å². The maximum absolute atomic E-state index is 12.4. The number of hydrogen-bond donors (Lipinski definition) is 1. The zero-order chi connectivity index (χ0) is 17.2. The number of benzene rings is 1. The van der Waals surface area contributed by atoms with E-state index in [1.54, 1.807) is 0 Å². The second-order valence-corrected chi connectivity index (χ2v) is 6.78. The number of aromatic nitrogens is 1. The fourth-order valence-electron chi connectivity index (χ4n) is 3.28. The van der Waals surface area contributed by atoms with E-state index in [2.05, 4.69) is 10.5 Å². The molecule has 1 atom stereocenters. The van der Waals surface area contributed by atoms with Gasteiger partial charge in [0, 0.05) is 30.6 Å². The highest BCUT2D eigenvalue weighted by Crippen LogP contribution is 2.31. The lowest BCUT2D eigenvalue weighted by Gasteiger charge is -2.32. The van der Waals surface area contributed by atoms with Gasteiger partial charge in [-0.05, 0) is 19.3 Å². The van der Waals surface area contributed by atoms with Gasteiger partial charge in [-0.2, -0.15) is 0 Å². The molecule has 0 radical (unpaired) electrons. The number of rotatable bonds is 5. The second kappa shape index (κ2) is 6.70. The summed E-state index contributed by atoms with van der Waals surface area (Å²) in [6.07, 6.45) is 3.24. The minimum absolute atomic E-state index is 0.0117. The van der Waals surface area contributed by atoms with Crippen molar-refractivity contribution in [3.8, 4) is 11.3 Å². The first-order valence-corrected chi connectivity index (χ1v) is 8.79. The number of nitrogens with zero attached hydrogens (tertiary/aromatic N) is 2. The van der Waals surface area contributed by atoms with Crippen molar-refractivity contribution in [3.05, 3.63) is 42.1 Å². The molecule has 1 saturated carbocycles. The van der Waals surface area contributed by atoms with Crippen LogP contribution in [-0.4, -0.2) is 34.5 Å². The van der Waals surface area contributed by atoms with Crippen LogP contribution in [0.2, 0.25) is 0 Å². The normalized spacial score (nSPS) is 20.6. The summed E-state index contributed by atoms with van der Waals surface area (Å²) in [7, 11) is 0. The number of carbonyl (C=O) groups is 2. The van der Waals surface area contributed by atoms with Gasteiger partial charge in [0.15, 0.2) is 5.76 Å². The van der Waals surface area contributed by atoms with E-state index in [4.69, 9.17) is 4.52 Å². The van der Waals surface area contributed by atoms with Crippen molar-refractivity contribution in [2.45, 2.75) is 38.3 Å². The standard InChI is InChI=1S/C19H21N3O3/c23-18-9-6-14(12-22(18)16-7-8-16)19(24)20-11-15-10-17(25-21-15)13-4-2-1-3-5-13/h1-5,10,14,16H,6-9,11-12H2,(H,20,24)/t14-/m1/s1. The first-order valence-electron chi connectivity index (χ1n) is 8.79. The van der Waals surface area contributed by atoms with Crippen LogP contribution in [0.3, 0.4) is 0 Å². The van der Waals surface area contributed by atoms with Crippen molar-refractivity contribution in [2.75, 3.05) is 6.54 Å². The highest BCUT2D eigenvalue weighted by molar-refractivity contribution is 5.84. The lowest BCUT2D eigenvalue weighted by molar-refractivity contribution is -0.138. The van der Waals surface area contributed by atoms with E-state index in [9.17, 15) is 9.59 Å². The molecular formula is C19H21N3O3. The summed E-state index contributed by atoms with van der Waals surface area (Å²) in [6.45, 7) is 0.881. The summed E-state index contributed by atoms with van der Waals surface area (Å²) in [6, 6.07) is 11.9. The number of amides is 2. The molecule has 1 N–H and O–H groups in total. The molecule has 25 heavy (non-hydrogen) atoms. The zero-order valence-corrected chi connectivity index (χ0v) is 14.0. The quantitative estimate of drug-likeness (QED) is 0.907. The summed E-state index contributed by atoms with van der Waals surface area (Å²) in [5, 5.41) is 6.95. The van der Waals surface area contributed by atoms with E-state index >= 15 is 0 Å². The zero-order valence-electron chi connectivity index (χ0n) is 14.0. The van der Waals surface area contributed by atoms with Crippen LogP contribution in [-0.2, 0) is 16.1 Å². The Kier molecular flexibility index (Phi) is 4.26. The lowest BCUT2D eigenvalue weighted by Crippen LogP contribution is -2.46. The number of likely N-dealkylation sites (tertiary alicyclic amines) is 1. The second-order valence-electron chi connectivity index (χ2n) is 6.78. The van der Waals surface area contributed by atoms with Gasteiger partial charge in [0.1, 0.15) is 5.69 Å². The van der Waals surface area contributed by atoms with Crippen molar-refractivity contribution >= 4 is 11.8 Å². The average Bonchev–Trinajstić information content (AvgIpc) is 3.38. The number of nitrogens with one attached hydrogen (secondary N) is 1. The van der Waals surface area contributed by atoms with E-state index in [0.717, 1.165) is 18.4 Å². The Labute approximate surface area is 146 Å². The van der Waals surface area contributed by atoms with Crippen molar-refractivity contribution in [2.24, 2.45) is 5.92 Å². The van der Waals surface area contributed by atoms with Gasteiger partial charge in [-0.15, -0.1) is 0 Å². The Bertz CT molecular complexity index is 767. The third-order valence-electron chi connectivity index (χ3n) is 4.86. The Morgan fingerprint density at radius 2 is 2.04 bits per heavy atom. The minimum atomic E-state index is -0.126.